The Hall–Kier alpha value is -2.18. The summed E-state index contributed by atoms with van der Waals surface area (Å²) in [6, 6.07) is 13.8. The minimum Gasteiger partial charge on any atom is -0.461 e. The van der Waals surface area contributed by atoms with Crippen molar-refractivity contribution in [3.63, 3.8) is 0 Å². The van der Waals surface area contributed by atoms with Crippen LogP contribution in [-0.4, -0.2) is 22.1 Å². The van der Waals surface area contributed by atoms with Crippen molar-refractivity contribution in [2.24, 2.45) is 0 Å². The number of aromatic nitrogens is 2. The molecule has 0 atom stereocenters. The molecule has 3 aromatic rings. The fourth-order valence-corrected chi connectivity index (χ4v) is 3.18. The molecule has 0 saturated carbocycles. The number of benzene rings is 2. The predicted octanol–water partition coefficient (Wildman–Crippen LogP) is 5.27. The Kier molecular flexibility index (Phi) is 5.20. The molecule has 0 radical (unpaired) electrons. The Morgan fingerprint density at radius 2 is 1.96 bits per heavy atom. The molecule has 4 nitrogen and oxygen atoms in total. The third kappa shape index (κ3) is 3.32. The lowest BCUT2D eigenvalue weighted by Gasteiger charge is -2.11. The van der Waals surface area contributed by atoms with Gasteiger partial charge in [-0.05, 0) is 35.0 Å². The number of carbonyl (C=O) groups is 1. The highest BCUT2D eigenvalue weighted by molar-refractivity contribution is 9.10. The van der Waals surface area contributed by atoms with E-state index in [4.69, 9.17) is 16.3 Å². The lowest BCUT2D eigenvalue weighted by molar-refractivity contribution is 0.0519. The highest BCUT2D eigenvalue weighted by atomic mass is 79.9. The number of hydrogen-bond acceptors (Lipinski definition) is 3. The van der Waals surface area contributed by atoms with E-state index in [0.29, 0.717) is 10.4 Å². The molecule has 128 valence electrons. The molecule has 7 heteroatoms. The molecule has 0 aliphatic heterocycles. The first-order valence-corrected chi connectivity index (χ1v) is 8.66. The van der Waals surface area contributed by atoms with Gasteiger partial charge in [0.05, 0.1) is 17.3 Å². The fourth-order valence-electron chi connectivity index (χ4n) is 2.40. The van der Waals surface area contributed by atoms with Crippen molar-refractivity contribution in [3.05, 3.63) is 69.7 Å². The van der Waals surface area contributed by atoms with Gasteiger partial charge in [-0.3, -0.25) is 4.57 Å². The summed E-state index contributed by atoms with van der Waals surface area (Å²) in [6.45, 7) is 1.92. The van der Waals surface area contributed by atoms with Crippen LogP contribution in [-0.2, 0) is 4.74 Å². The molecule has 0 bridgehead atoms. The fraction of sp³-hybridized carbons (Fsp3) is 0.111. The summed E-state index contributed by atoms with van der Waals surface area (Å²) in [5.74, 6) is -0.792. The van der Waals surface area contributed by atoms with E-state index in [-0.39, 0.29) is 23.0 Å². The van der Waals surface area contributed by atoms with Crippen molar-refractivity contribution in [1.82, 2.24) is 9.55 Å². The van der Waals surface area contributed by atoms with Gasteiger partial charge in [-0.1, -0.05) is 48.0 Å². The van der Waals surface area contributed by atoms with Gasteiger partial charge in [0, 0.05) is 5.56 Å². The van der Waals surface area contributed by atoms with E-state index in [1.807, 2.05) is 30.3 Å². The van der Waals surface area contributed by atoms with Crippen molar-refractivity contribution in [2.45, 2.75) is 6.92 Å². The second kappa shape index (κ2) is 7.37. The van der Waals surface area contributed by atoms with Crippen LogP contribution in [0.15, 0.2) is 53.1 Å². The summed E-state index contributed by atoms with van der Waals surface area (Å²) in [5.41, 5.74) is 0.972. The maximum absolute atomic E-state index is 14.6. The van der Waals surface area contributed by atoms with E-state index >= 15 is 0 Å². The summed E-state index contributed by atoms with van der Waals surface area (Å²) in [5, 5.41) is -0.0187. The number of ether oxygens (including phenoxy) is 1. The van der Waals surface area contributed by atoms with E-state index in [9.17, 15) is 9.18 Å². The zero-order valence-corrected chi connectivity index (χ0v) is 15.5. The van der Waals surface area contributed by atoms with Gasteiger partial charge in [-0.15, -0.1) is 0 Å². The van der Waals surface area contributed by atoms with Crippen molar-refractivity contribution in [3.8, 4) is 17.1 Å². The first kappa shape index (κ1) is 17.6. The number of hydrogen-bond donors (Lipinski definition) is 0. The zero-order valence-electron chi connectivity index (χ0n) is 13.2. The first-order valence-electron chi connectivity index (χ1n) is 7.49. The molecule has 1 aromatic heterocycles. The molecule has 0 fully saturated rings. The SMILES string of the molecule is CCOC(=O)c1nc(-c2ccccc2)n(-c2cccc(Cl)c2F)c1Br. The average Bonchev–Trinajstić information content (AvgIpc) is 2.96. The van der Waals surface area contributed by atoms with Gasteiger partial charge in [0.1, 0.15) is 10.4 Å². The van der Waals surface area contributed by atoms with Gasteiger partial charge in [0.25, 0.3) is 0 Å². The van der Waals surface area contributed by atoms with Gasteiger partial charge in [0.2, 0.25) is 0 Å². The van der Waals surface area contributed by atoms with Crippen LogP contribution < -0.4 is 0 Å². The van der Waals surface area contributed by atoms with Crippen molar-refractivity contribution >= 4 is 33.5 Å². The monoisotopic (exact) mass is 422 g/mol. The summed E-state index contributed by atoms with van der Waals surface area (Å²) in [7, 11) is 0. The number of carbonyl (C=O) groups excluding carboxylic acids is 1. The summed E-state index contributed by atoms with van der Waals surface area (Å²) in [6.07, 6.45) is 0. The number of rotatable bonds is 4. The molecule has 0 unspecified atom stereocenters. The maximum Gasteiger partial charge on any atom is 0.359 e. The van der Waals surface area contributed by atoms with E-state index in [2.05, 4.69) is 20.9 Å². The van der Waals surface area contributed by atoms with Crippen LogP contribution in [0.4, 0.5) is 4.39 Å². The molecule has 3 rings (SSSR count). The Bertz CT molecular complexity index is 928. The molecule has 25 heavy (non-hydrogen) atoms. The Balaban J connectivity index is 2.29. The Morgan fingerprint density at radius 3 is 2.64 bits per heavy atom. The van der Waals surface area contributed by atoms with E-state index < -0.39 is 11.8 Å². The summed E-state index contributed by atoms with van der Waals surface area (Å²) >= 11 is 9.27. The maximum atomic E-state index is 14.6. The normalized spacial score (nSPS) is 10.7. The number of nitrogens with zero attached hydrogens (tertiary/aromatic N) is 2. The third-order valence-corrected chi connectivity index (χ3v) is 4.52. The molecule has 2 aromatic carbocycles. The highest BCUT2D eigenvalue weighted by Gasteiger charge is 2.25. The molecule has 0 spiro atoms. The van der Waals surface area contributed by atoms with Crippen LogP contribution in [0.1, 0.15) is 17.4 Å². The molecule has 0 aliphatic rings. The predicted molar refractivity (Wildman–Crippen MR) is 97.6 cm³/mol. The molecular formula is C18H13BrClFN2O2. The average molecular weight is 424 g/mol. The molecule has 0 aliphatic carbocycles. The number of imidazole rings is 1. The molecular weight excluding hydrogens is 411 g/mol. The van der Waals surface area contributed by atoms with Crippen LogP contribution in [0.2, 0.25) is 5.02 Å². The standard InChI is InChI=1S/C18H13BrClFN2O2/c1-2-25-18(24)15-16(19)23(13-10-6-9-12(20)14(13)21)17(22-15)11-7-4-3-5-8-11/h3-10H,2H2,1H3. The van der Waals surface area contributed by atoms with Gasteiger partial charge >= 0.3 is 5.97 Å². The molecule has 0 N–H and O–H groups in total. The number of halogens is 3. The van der Waals surface area contributed by atoms with Gasteiger partial charge in [-0.2, -0.15) is 0 Å². The summed E-state index contributed by atoms with van der Waals surface area (Å²) in [4.78, 5) is 16.6. The molecule has 0 saturated heterocycles. The van der Waals surface area contributed by atoms with E-state index in [1.54, 1.807) is 19.1 Å². The highest BCUT2D eigenvalue weighted by Crippen LogP contribution is 2.33. The largest absolute Gasteiger partial charge is 0.461 e. The van der Waals surface area contributed by atoms with Crippen LogP contribution in [0.3, 0.4) is 0 Å². The first-order chi connectivity index (χ1) is 12.0. The minimum absolute atomic E-state index is 0.0187. The third-order valence-electron chi connectivity index (χ3n) is 3.49. The van der Waals surface area contributed by atoms with Crippen molar-refractivity contribution in [1.29, 1.82) is 0 Å². The lowest BCUT2D eigenvalue weighted by Crippen LogP contribution is -2.06. The van der Waals surface area contributed by atoms with E-state index in [1.165, 1.54) is 10.6 Å². The topological polar surface area (TPSA) is 44.1 Å². The second-order valence-corrected chi connectivity index (χ2v) is 6.23. The second-order valence-electron chi connectivity index (χ2n) is 5.07. The quantitative estimate of drug-likeness (QED) is 0.537. The van der Waals surface area contributed by atoms with Crippen LogP contribution in [0, 0.1) is 5.82 Å². The molecule has 0 amide bonds. The minimum atomic E-state index is -0.602. The zero-order chi connectivity index (χ0) is 18.0. The van der Waals surface area contributed by atoms with Crippen LogP contribution in [0.5, 0.6) is 0 Å². The number of esters is 1. The van der Waals surface area contributed by atoms with Gasteiger partial charge < -0.3 is 4.74 Å². The Labute approximate surface area is 157 Å². The van der Waals surface area contributed by atoms with Gasteiger partial charge in [-0.25, -0.2) is 14.2 Å². The van der Waals surface area contributed by atoms with Crippen molar-refractivity contribution < 1.29 is 13.9 Å². The summed E-state index contributed by atoms with van der Waals surface area (Å²) < 4.78 is 21.4. The van der Waals surface area contributed by atoms with Crippen LogP contribution in [0.25, 0.3) is 17.1 Å². The Morgan fingerprint density at radius 1 is 1.24 bits per heavy atom. The smallest absolute Gasteiger partial charge is 0.359 e. The van der Waals surface area contributed by atoms with Crippen molar-refractivity contribution in [2.75, 3.05) is 6.61 Å². The van der Waals surface area contributed by atoms with Gasteiger partial charge in [0.15, 0.2) is 11.5 Å². The lowest BCUT2D eigenvalue weighted by atomic mass is 10.2. The molecule has 1 heterocycles. The van der Waals surface area contributed by atoms with E-state index in [0.717, 1.165) is 5.56 Å². The van der Waals surface area contributed by atoms with Crippen LogP contribution >= 0.6 is 27.5 Å².